The Labute approximate surface area is 225 Å². The number of phenols is 1. The summed E-state index contributed by atoms with van der Waals surface area (Å²) in [4.78, 5) is 13.1. The van der Waals surface area contributed by atoms with E-state index in [0.717, 1.165) is 31.2 Å². The molecule has 0 unspecified atom stereocenters. The maximum atomic E-state index is 13.1. The lowest BCUT2D eigenvalue weighted by atomic mass is 9.97. The van der Waals surface area contributed by atoms with Crippen LogP contribution in [-0.2, 0) is 38.7 Å². The Balaban J connectivity index is 1.31. The summed E-state index contributed by atoms with van der Waals surface area (Å²) >= 11 is 0. The van der Waals surface area contributed by atoms with Gasteiger partial charge in [-0.3, -0.25) is 4.79 Å². The average molecular weight is 517 g/mol. The first-order valence-electron chi connectivity index (χ1n) is 13.7. The van der Waals surface area contributed by atoms with E-state index in [-0.39, 0.29) is 30.3 Å². The second-order valence-corrected chi connectivity index (χ2v) is 10.5. The number of carbonyl (C=O) groups excluding carboxylic acids is 1. The summed E-state index contributed by atoms with van der Waals surface area (Å²) in [7, 11) is 0. The minimum absolute atomic E-state index is 0.0161. The zero-order valence-corrected chi connectivity index (χ0v) is 22.6. The van der Waals surface area contributed by atoms with Crippen molar-refractivity contribution in [1.29, 1.82) is 0 Å². The highest BCUT2D eigenvalue weighted by molar-refractivity contribution is 5.94. The predicted molar refractivity (Wildman–Crippen MR) is 150 cm³/mol. The number of benzene rings is 3. The molecule has 1 aliphatic rings. The van der Waals surface area contributed by atoms with Gasteiger partial charge in [-0.15, -0.1) is 0 Å². The molecule has 6 heteroatoms. The van der Waals surface area contributed by atoms with Crippen LogP contribution in [0.2, 0.25) is 0 Å². The van der Waals surface area contributed by atoms with E-state index in [1.165, 1.54) is 28.3 Å². The van der Waals surface area contributed by atoms with Gasteiger partial charge in [0.15, 0.2) is 0 Å². The van der Waals surface area contributed by atoms with Crippen LogP contribution in [-0.4, -0.2) is 39.9 Å². The lowest BCUT2D eigenvalue weighted by Crippen LogP contribution is -2.35. The Bertz CT molecular complexity index is 1240. The third kappa shape index (κ3) is 6.62. The number of hydrogen-bond donors (Lipinski definition) is 5. The van der Waals surface area contributed by atoms with Crippen LogP contribution in [0.25, 0.3) is 0 Å². The Morgan fingerprint density at radius 2 is 1.66 bits per heavy atom. The zero-order chi connectivity index (χ0) is 27.2. The molecule has 6 nitrogen and oxygen atoms in total. The third-order valence-electron chi connectivity index (χ3n) is 7.60. The standard InChI is InChI=1S/C32H40N2O4/c1-4-22-13-26-16-29(17-27(26)14-23(22)5-2)34-32(38)25-8-6-7-21(12-25)11-20(3)33-18-31(37)24-9-10-30(36)28(15-24)19-35/h6-10,12-15,20,29,31,33,35-37H,4-5,11,16-19H2,1-3H3,(H,34,38)/t20-,31+/m1/s1. The van der Waals surface area contributed by atoms with Crippen LogP contribution in [0.15, 0.2) is 54.6 Å². The fourth-order valence-corrected chi connectivity index (χ4v) is 5.44. The molecule has 0 bridgehead atoms. The van der Waals surface area contributed by atoms with Crippen molar-refractivity contribution < 1.29 is 20.1 Å². The first kappa shape index (κ1) is 27.8. The number of carbonyl (C=O) groups is 1. The van der Waals surface area contributed by atoms with Gasteiger partial charge in [0.1, 0.15) is 5.75 Å². The van der Waals surface area contributed by atoms with E-state index in [2.05, 4.69) is 36.6 Å². The van der Waals surface area contributed by atoms with Crippen molar-refractivity contribution in [3.63, 3.8) is 0 Å². The van der Waals surface area contributed by atoms with E-state index in [1.807, 2.05) is 31.2 Å². The van der Waals surface area contributed by atoms with Crippen molar-refractivity contribution in [1.82, 2.24) is 10.6 Å². The Morgan fingerprint density at radius 1 is 0.974 bits per heavy atom. The van der Waals surface area contributed by atoms with E-state index < -0.39 is 6.10 Å². The molecule has 0 heterocycles. The number of aliphatic hydroxyl groups is 2. The molecular formula is C32H40N2O4. The molecule has 38 heavy (non-hydrogen) atoms. The van der Waals surface area contributed by atoms with Crippen molar-refractivity contribution in [3.8, 4) is 5.75 Å². The number of rotatable bonds is 11. The largest absolute Gasteiger partial charge is 0.508 e. The van der Waals surface area contributed by atoms with E-state index in [1.54, 1.807) is 12.1 Å². The Morgan fingerprint density at radius 3 is 2.29 bits per heavy atom. The molecule has 0 saturated heterocycles. The normalized spacial score (nSPS) is 14.8. The number of aryl methyl sites for hydroxylation is 2. The maximum absolute atomic E-state index is 13.1. The molecule has 0 aromatic heterocycles. The Kier molecular flexibility index (Phi) is 9.21. The molecule has 1 amide bonds. The summed E-state index contributed by atoms with van der Waals surface area (Å²) in [5.74, 6) is -0.0263. The van der Waals surface area contributed by atoms with Gasteiger partial charge in [0.2, 0.25) is 0 Å². The molecule has 4 rings (SSSR count). The van der Waals surface area contributed by atoms with Crippen molar-refractivity contribution in [2.24, 2.45) is 0 Å². The van der Waals surface area contributed by atoms with Crippen LogP contribution in [0, 0.1) is 0 Å². The van der Waals surface area contributed by atoms with Gasteiger partial charge in [-0.1, -0.05) is 44.2 Å². The number of fused-ring (bicyclic) bond motifs is 1. The molecule has 0 aliphatic heterocycles. The lowest BCUT2D eigenvalue weighted by molar-refractivity contribution is 0.0938. The molecule has 202 valence electrons. The quantitative estimate of drug-likeness (QED) is 0.263. The third-order valence-corrected chi connectivity index (χ3v) is 7.60. The number of amides is 1. The summed E-state index contributed by atoms with van der Waals surface area (Å²) in [5.41, 5.74) is 8.29. The molecule has 3 aromatic carbocycles. The highest BCUT2D eigenvalue weighted by Gasteiger charge is 2.24. The summed E-state index contributed by atoms with van der Waals surface area (Å²) < 4.78 is 0. The second-order valence-electron chi connectivity index (χ2n) is 10.5. The molecule has 0 fully saturated rings. The van der Waals surface area contributed by atoms with Gasteiger partial charge in [0.05, 0.1) is 12.7 Å². The molecule has 0 spiro atoms. The van der Waals surface area contributed by atoms with Crippen molar-refractivity contribution in [3.05, 3.63) is 99.1 Å². The first-order valence-corrected chi connectivity index (χ1v) is 13.7. The SMILES string of the molecule is CCc1cc2c(cc1CC)CC(NC(=O)c1cccc(C[C@@H](C)NC[C@H](O)c3ccc(O)c(CO)c3)c1)C2. The van der Waals surface area contributed by atoms with Crippen LogP contribution < -0.4 is 10.6 Å². The van der Waals surface area contributed by atoms with Gasteiger partial charge in [-0.2, -0.15) is 0 Å². The van der Waals surface area contributed by atoms with Crippen LogP contribution in [0.4, 0.5) is 0 Å². The van der Waals surface area contributed by atoms with Gasteiger partial charge >= 0.3 is 0 Å². The average Bonchev–Trinajstić information content (AvgIpc) is 3.32. The molecule has 5 N–H and O–H groups in total. The molecular weight excluding hydrogens is 476 g/mol. The zero-order valence-electron chi connectivity index (χ0n) is 22.6. The molecule has 3 aromatic rings. The molecule has 0 radical (unpaired) electrons. The van der Waals surface area contributed by atoms with Gasteiger partial charge in [0.25, 0.3) is 5.91 Å². The van der Waals surface area contributed by atoms with E-state index >= 15 is 0 Å². The molecule has 2 atom stereocenters. The monoisotopic (exact) mass is 516 g/mol. The fourth-order valence-electron chi connectivity index (χ4n) is 5.44. The Hall–Kier alpha value is -3.19. The lowest BCUT2D eigenvalue weighted by Gasteiger charge is -2.19. The van der Waals surface area contributed by atoms with Gasteiger partial charge < -0.3 is 26.0 Å². The van der Waals surface area contributed by atoms with E-state index in [0.29, 0.717) is 29.7 Å². The summed E-state index contributed by atoms with van der Waals surface area (Å²) in [5, 5.41) is 36.2. The number of hydrogen-bond acceptors (Lipinski definition) is 5. The van der Waals surface area contributed by atoms with Crippen molar-refractivity contribution in [2.75, 3.05) is 6.54 Å². The fraction of sp³-hybridized carbons (Fsp3) is 0.406. The van der Waals surface area contributed by atoms with Crippen LogP contribution in [0.1, 0.15) is 76.2 Å². The van der Waals surface area contributed by atoms with Crippen LogP contribution in [0.3, 0.4) is 0 Å². The maximum Gasteiger partial charge on any atom is 0.251 e. The van der Waals surface area contributed by atoms with Crippen molar-refractivity contribution in [2.45, 2.75) is 77.7 Å². The number of nitrogens with one attached hydrogen (secondary N) is 2. The number of aliphatic hydroxyl groups excluding tert-OH is 2. The highest BCUT2D eigenvalue weighted by Crippen LogP contribution is 2.27. The summed E-state index contributed by atoms with van der Waals surface area (Å²) in [6.07, 6.45) is 3.77. The minimum atomic E-state index is -0.766. The number of aromatic hydroxyl groups is 1. The molecule has 1 aliphatic carbocycles. The molecule has 0 saturated carbocycles. The highest BCUT2D eigenvalue weighted by atomic mass is 16.3. The predicted octanol–water partition coefficient (Wildman–Crippen LogP) is 4.16. The second kappa shape index (κ2) is 12.6. The smallest absolute Gasteiger partial charge is 0.251 e. The van der Waals surface area contributed by atoms with Gasteiger partial charge in [-0.25, -0.2) is 0 Å². The van der Waals surface area contributed by atoms with Gasteiger partial charge in [0, 0.05) is 29.8 Å². The van der Waals surface area contributed by atoms with Crippen LogP contribution in [0.5, 0.6) is 5.75 Å². The van der Waals surface area contributed by atoms with Crippen LogP contribution >= 0.6 is 0 Å². The van der Waals surface area contributed by atoms with Crippen molar-refractivity contribution >= 4 is 5.91 Å². The summed E-state index contributed by atoms with van der Waals surface area (Å²) in [6, 6.07) is 17.4. The topological polar surface area (TPSA) is 102 Å². The van der Waals surface area contributed by atoms with E-state index in [9.17, 15) is 20.1 Å². The first-order chi connectivity index (χ1) is 18.3. The van der Waals surface area contributed by atoms with E-state index in [4.69, 9.17) is 0 Å². The minimum Gasteiger partial charge on any atom is -0.508 e. The van der Waals surface area contributed by atoms with Gasteiger partial charge in [-0.05, 0) is 96.7 Å². The summed E-state index contributed by atoms with van der Waals surface area (Å²) in [6.45, 7) is 6.49.